The molecule has 34 heavy (non-hydrogen) atoms. The van der Waals surface area contributed by atoms with Gasteiger partial charge in [-0.05, 0) is 37.0 Å². The molecule has 7 nitrogen and oxygen atoms in total. The number of para-hydroxylation sites is 1. The summed E-state index contributed by atoms with van der Waals surface area (Å²) >= 11 is 0. The fraction of sp³-hybridized carbons (Fsp3) is 0.462. The molecule has 8 heteroatoms. The lowest BCUT2D eigenvalue weighted by Crippen LogP contribution is -2.53. The average molecular weight is 486 g/mol. The molecular weight excluding hydrogens is 450 g/mol. The van der Waals surface area contributed by atoms with Crippen molar-refractivity contribution in [2.45, 2.75) is 64.1 Å². The molecule has 0 heterocycles. The minimum Gasteiger partial charge on any atom is -0.352 e. The number of rotatable bonds is 10. The van der Waals surface area contributed by atoms with Gasteiger partial charge in [-0.2, -0.15) is 0 Å². The number of nitrogens with one attached hydrogen (secondary N) is 1. The molecule has 1 saturated carbocycles. The normalized spacial score (nSPS) is 15.4. The Kier molecular flexibility index (Phi) is 9.10. The van der Waals surface area contributed by atoms with Gasteiger partial charge in [-0.25, -0.2) is 8.42 Å². The van der Waals surface area contributed by atoms with Crippen LogP contribution in [0.15, 0.2) is 60.7 Å². The number of hydrogen-bond donors (Lipinski definition) is 1. The first kappa shape index (κ1) is 25.7. The van der Waals surface area contributed by atoms with Gasteiger partial charge in [-0.3, -0.25) is 13.9 Å². The van der Waals surface area contributed by atoms with Crippen LogP contribution >= 0.6 is 0 Å². The minimum atomic E-state index is -3.71. The average Bonchev–Trinajstić information content (AvgIpc) is 2.83. The summed E-state index contributed by atoms with van der Waals surface area (Å²) in [7, 11) is -3.71. The molecule has 1 aliphatic rings. The van der Waals surface area contributed by atoms with Crippen LogP contribution < -0.4 is 9.62 Å². The molecule has 0 aromatic heterocycles. The molecule has 3 rings (SSSR count). The number of amides is 2. The summed E-state index contributed by atoms with van der Waals surface area (Å²) in [5.41, 5.74) is 1.29. The molecule has 2 aromatic carbocycles. The molecule has 2 aromatic rings. The fourth-order valence-corrected chi connectivity index (χ4v) is 5.30. The monoisotopic (exact) mass is 485 g/mol. The van der Waals surface area contributed by atoms with Crippen LogP contribution in [0.3, 0.4) is 0 Å². The van der Waals surface area contributed by atoms with Crippen LogP contribution in [0, 0.1) is 0 Å². The van der Waals surface area contributed by atoms with Crippen molar-refractivity contribution in [3.8, 4) is 0 Å². The van der Waals surface area contributed by atoms with E-state index in [9.17, 15) is 18.0 Å². The van der Waals surface area contributed by atoms with Gasteiger partial charge in [0.25, 0.3) is 0 Å². The molecule has 0 radical (unpaired) electrons. The molecule has 1 N–H and O–H groups in total. The van der Waals surface area contributed by atoms with Gasteiger partial charge in [0.05, 0.1) is 11.9 Å². The van der Waals surface area contributed by atoms with Gasteiger partial charge < -0.3 is 10.2 Å². The largest absolute Gasteiger partial charge is 0.352 e. The number of anilines is 1. The van der Waals surface area contributed by atoms with Crippen molar-refractivity contribution in [1.29, 1.82) is 0 Å². The molecule has 1 fully saturated rings. The van der Waals surface area contributed by atoms with E-state index < -0.39 is 22.0 Å². The predicted octanol–water partition coefficient (Wildman–Crippen LogP) is 3.71. The van der Waals surface area contributed by atoms with Crippen molar-refractivity contribution in [2.24, 2.45) is 0 Å². The zero-order chi connectivity index (χ0) is 24.6. The van der Waals surface area contributed by atoms with Crippen LogP contribution in [0.4, 0.5) is 5.69 Å². The number of nitrogens with zero attached hydrogens (tertiary/aromatic N) is 2. The first-order chi connectivity index (χ1) is 16.3. The number of benzene rings is 2. The Morgan fingerprint density at radius 1 is 0.971 bits per heavy atom. The van der Waals surface area contributed by atoms with Gasteiger partial charge in [-0.15, -0.1) is 0 Å². The summed E-state index contributed by atoms with van der Waals surface area (Å²) in [5, 5.41) is 3.14. The van der Waals surface area contributed by atoms with Crippen LogP contribution in [0.25, 0.3) is 0 Å². The number of carbonyl (C=O) groups is 2. The van der Waals surface area contributed by atoms with Crippen molar-refractivity contribution < 1.29 is 18.0 Å². The first-order valence-corrected chi connectivity index (χ1v) is 13.8. The number of carbonyl (C=O) groups excluding carboxylic acids is 2. The van der Waals surface area contributed by atoms with E-state index in [0.717, 1.165) is 41.8 Å². The fourth-order valence-electron chi connectivity index (χ4n) is 4.45. The van der Waals surface area contributed by atoms with E-state index >= 15 is 0 Å². The molecule has 1 aliphatic carbocycles. The molecule has 0 aliphatic heterocycles. The quantitative estimate of drug-likeness (QED) is 0.556. The summed E-state index contributed by atoms with van der Waals surface area (Å²) in [4.78, 5) is 28.4. The highest BCUT2D eigenvalue weighted by Gasteiger charge is 2.32. The Morgan fingerprint density at radius 3 is 2.12 bits per heavy atom. The smallest absolute Gasteiger partial charge is 0.244 e. The third-order valence-corrected chi connectivity index (χ3v) is 7.40. The third kappa shape index (κ3) is 7.06. The molecule has 0 saturated heterocycles. The standard InChI is InChI=1S/C26H35N3O4S/c1-3-24(26(31)27-22-15-9-5-10-16-22)28(19-21-13-7-4-8-14-21)25(30)20-29(34(2,32)33)23-17-11-6-12-18-23/h4,6-8,11-14,17-18,22,24H,3,5,9-10,15-16,19-20H2,1-2H3,(H,27,31)/t24-/m0/s1. The highest BCUT2D eigenvalue weighted by Crippen LogP contribution is 2.21. The van der Waals surface area contributed by atoms with Crippen LogP contribution in [-0.2, 0) is 26.2 Å². The number of hydrogen-bond acceptors (Lipinski definition) is 4. The molecule has 0 bridgehead atoms. The minimum absolute atomic E-state index is 0.126. The maximum Gasteiger partial charge on any atom is 0.244 e. The SMILES string of the molecule is CC[C@@H](C(=O)NC1CCCCC1)N(Cc1ccccc1)C(=O)CN(c1ccccc1)S(C)(=O)=O. The molecule has 2 amide bonds. The van der Waals surface area contributed by atoms with Crippen molar-refractivity contribution >= 4 is 27.5 Å². The summed E-state index contributed by atoms with van der Waals surface area (Å²) < 4.78 is 26.2. The van der Waals surface area contributed by atoms with Crippen LogP contribution in [0.5, 0.6) is 0 Å². The van der Waals surface area contributed by atoms with E-state index in [1.54, 1.807) is 30.3 Å². The Balaban J connectivity index is 1.87. The lowest BCUT2D eigenvalue weighted by atomic mass is 9.95. The first-order valence-electron chi connectivity index (χ1n) is 12.0. The van der Waals surface area contributed by atoms with E-state index in [1.165, 1.54) is 11.3 Å². The van der Waals surface area contributed by atoms with Gasteiger partial charge >= 0.3 is 0 Å². The molecule has 0 spiro atoms. The Morgan fingerprint density at radius 2 is 1.56 bits per heavy atom. The van der Waals surface area contributed by atoms with Gasteiger partial charge in [0.15, 0.2) is 0 Å². The summed E-state index contributed by atoms with van der Waals surface area (Å²) in [6, 6.07) is 17.5. The summed E-state index contributed by atoms with van der Waals surface area (Å²) in [6.07, 6.45) is 6.78. The molecule has 1 atom stereocenters. The Bertz CT molecular complexity index is 1040. The van der Waals surface area contributed by atoms with Crippen molar-refractivity contribution in [2.75, 3.05) is 17.1 Å². The Hall–Kier alpha value is -2.87. The van der Waals surface area contributed by atoms with Crippen LogP contribution in [0.1, 0.15) is 51.0 Å². The molecular formula is C26H35N3O4S. The van der Waals surface area contributed by atoms with E-state index in [-0.39, 0.29) is 25.0 Å². The summed E-state index contributed by atoms with van der Waals surface area (Å²) in [6.45, 7) is 1.73. The van der Waals surface area contributed by atoms with Crippen molar-refractivity contribution in [3.05, 3.63) is 66.2 Å². The predicted molar refractivity (Wildman–Crippen MR) is 135 cm³/mol. The van der Waals surface area contributed by atoms with Crippen molar-refractivity contribution in [3.63, 3.8) is 0 Å². The van der Waals surface area contributed by atoms with Gasteiger partial charge in [0.2, 0.25) is 21.8 Å². The lowest BCUT2D eigenvalue weighted by Gasteiger charge is -2.34. The molecule has 184 valence electrons. The van der Waals surface area contributed by atoms with E-state index in [4.69, 9.17) is 0 Å². The highest BCUT2D eigenvalue weighted by molar-refractivity contribution is 7.92. The van der Waals surface area contributed by atoms with Gasteiger partial charge in [0, 0.05) is 12.6 Å². The van der Waals surface area contributed by atoms with Crippen LogP contribution in [-0.4, -0.2) is 50.0 Å². The summed E-state index contributed by atoms with van der Waals surface area (Å²) in [5.74, 6) is -0.590. The van der Waals surface area contributed by atoms with E-state index in [2.05, 4.69) is 5.32 Å². The number of sulfonamides is 1. The van der Waals surface area contributed by atoms with E-state index in [0.29, 0.717) is 12.1 Å². The van der Waals surface area contributed by atoms with Crippen LogP contribution in [0.2, 0.25) is 0 Å². The second kappa shape index (κ2) is 12.0. The zero-order valence-electron chi connectivity index (χ0n) is 20.0. The topological polar surface area (TPSA) is 86.8 Å². The second-order valence-electron chi connectivity index (χ2n) is 8.88. The maximum absolute atomic E-state index is 13.6. The van der Waals surface area contributed by atoms with Gasteiger partial charge in [0.1, 0.15) is 12.6 Å². The van der Waals surface area contributed by atoms with Gasteiger partial charge in [-0.1, -0.05) is 74.7 Å². The van der Waals surface area contributed by atoms with E-state index in [1.807, 2.05) is 37.3 Å². The third-order valence-electron chi connectivity index (χ3n) is 6.26. The zero-order valence-corrected chi connectivity index (χ0v) is 20.8. The highest BCUT2D eigenvalue weighted by atomic mass is 32.2. The second-order valence-corrected chi connectivity index (χ2v) is 10.8. The van der Waals surface area contributed by atoms with Crippen molar-refractivity contribution in [1.82, 2.24) is 10.2 Å². The lowest BCUT2D eigenvalue weighted by molar-refractivity contribution is -0.140. The molecule has 0 unspecified atom stereocenters. The maximum atomic E-state index is 13.6. The Labute approximate surface area is 203 Å².